The molecule has 1 unspecified atom stereocenters. The van der Waals surface area contributed by atoms with Crippen LogP contribution in [-0.4, -0.2) is 28.5 Å². The van der Waals surface area contributed by atoms with Gasteiger partial charge in [-0.3, -0.25) is 9.78 Å². The highest BCUT2D eigenvalue weighted by Gasteiger charge is 2.06. The molecule has 20 heavy (non-hydrogen) atoms. The Balaban J connectivity index is 1.83. The van der Waals surface area contributed by atoms with Crippen LogP contribution in [0.25, 0.3) is 11.3 Å². The van der Waals surface area contributed by atoms with Gasteiger partial charge in [-0.25, -0.2) is 4.98 Å². The number of thiazole rings is 1. The molecule has 0 aliphatic heterocycles. The maximum absolute atomic E-state index is 11.5. The Morgan fingerprint density at radius 3 is 2.90 bits per heavy atom. The topological polar surface area (TPSA) is 80.9 Å². The SMILES string of the molecule is CC(N)CC(=O)NCCc1nc(-c2ccncc2)cs1. The number of carbonyl (C=O) groups is 1. The number of rotatable bonds is 6. The van der Waals surface area contributed by atoms with Gasteiger partial charge in [-0.15, -0.1) is 11.3 Å². The summed E-state index contributed by atoms with van der Waals surface area (Å²) in [5, 5.41) is 5.88. The zero-order valence-electron chi connectivity index (χ0n) is 11.4. The van der Waals surface area contributed by atoms with Crippen LogP contribution in [0.3, 0.4) is 0 Å². The molecule has 0 bridgehead atoms. The van der Waals surface area contributed by atoms with Gasteiger partial charge in [0, 0.05) is 48.8 Å². The van der Waals surface area contributed by atoms with Gasteiger partial charge in [0.2, 0.25) is 5.91 Å². The first kappa shape index (κ1) is 14.6. The molecule has 2 aromatic heterocycles. The summed E-state index contributed by atoms with van der Waals surface area (Å²) in [6, 6.07) is 3.76. The molecule has 2 heterocycles. The summed E-state index contributed by atoms with van der Waals surface area (Å²) >= 11 is 1.60. The molecule has 3 N–H and O–H groups in total. The molecule has 6 heteroatoms. The molecule has 0 fully saturated rings. The van der Waals surface area contributed by atoms with Crippen LogP contribution in [0.5, 0.6) is 0 Å². The van der Waals surface area contributed by atoms with Crippen LogP contribution in [0.1, 0.15) is 18.4 Å². The van der Waals surface area contributed by atoms with Crippen LogP contribution in [0.4, 0.5) is 0 Å². The first-order valence-corrected chi connectivity index (χ1v) is 7.40. The first-order valence-electron chi connectivity index (χ1n) is 6.52. The third-order valence-electron chi connectivity index (χ3n) is 2.70. The van der Waals surface area contributed by atoms with Gasteiger partial charge in [-0.05, 0) is 19.1 Å². The monoisotopic (exact) mass is 290 g/mol. The molecule has 106 valence electrons. The second-order valence-corrected chi connectivity index (χ2v) is 5.59. The Kier molecular flexibility index (Phi) is 5.20. The number of hydrogen-bond acceptors (Lipinski definition) is 5. The second-order valence-electron chi connectivity index (χ2n) is 4.64. The average molecular weight is 290 g/mol. The van der Waals surface area contributed by atoms with Gasteiger partial charge in [-0.1, -0.05) is 0 Å². The summed E-state index contributed by atoms with van der Waals surface area (Å²) in [4.78, 5) is 20.0. The van der Waals surface area contributed by atoms with Crippen LogP contribution < -0.4 is 11.1 Å². The van der Waals surface area contributed by atoms with Crippen molar-refractivity contribution in [1.29, 1.82) is 0 Å². The predicted octanol–water partition coefficient (Wildman–Crippen LogP) is 1.60. The number of hydrogen-bond donors (Lipinski definition) is 2. The lowest BCUT2D eigenvalue weighted by molar-refractivity contribution is -0.121. The Labute approximate surface area is 122 Å². The Morgan fingerprint density at radius 1 is 1.45 bits per heavy atom. The van der Waals surface area contributed by atoms with Crippen LogP contribution >= 0.6 is 11.3 Å². The molecule has 0 saturated heterocycles. The third-order valence-corrected chi connectivity index (χ3v) is 3.60. The second kappa shape index (κ2) is 7.12. The van der Waals surface area contributed by atoms with E-state index < -0.39 is 0 Å². The van der Waals surface area contributed by atoms with Gasteiger partial charge >= 0.3 is 0 Å². The van der Waals surface area contributed by atoms with Crippen LogP contribution in [0.15, 0.2) is 29.9 Å². The predicted molar refractivity (Wildman–Crippen MR) is 80.3 cm³/mol. The van der Waals surface area contributed by atoms with Gasteiger partial charge in [0.15, 0.2) is 0 Å². The Hall–Kier alpha value is -1.79. The molecule has 1 amide bonds. The largest absolute Gasteiger partial charge is 0.356 e. The zero-order chi connectivity index (χ0) is 14.4. The van der Waals surface area contributed by atoms with Crippen LogP contribution in [-0.2, 0) is 11.2 Å². The van der Waals surface area contributed by atoms with Crippen LogP contribution in [0, 0.1) is 0 Å². The minimum absolute atomic E-state index is 0.00841. The molecule has 0 aliphatic carbocycles. The zero-order valence-corrected chi connectivity index (χ0v) is 12.2. The Morgan fingerprint density at radius 2 is 2.20 bits per heavy atom. The molecular formula is C14H18N4OS. The lowest BCUT2D eigenvalue weighted by atomic mass is 10.2. The van der Waals surface area contributed by atoms with E-state index in [1.807, 2.05) is 24.4 Å². The summed E-state index contributed by atoms with van der Waals surface area (Å²) in [6.07, 6.45) is 4.60. The number of carbonyl (C=O) groups excluding carboxylic acids is 1. The van der Waals surface area contributed by atoms with E-state index in [0.29, 0.717) is 13.0 Å². The molecule has 1 atom stereocenters. The average Bonchev–Trinajstić information content (AvgIpc) is 2.88. The summed E-state index contributed by atoms with van der Waals surface area (Å²) in [5.41, 5.74) is 7.58. The van der Waals surface area contributed by atoms with Crippen molar-refractivity contribution in [3.8, 4) is 11.3 Å². The van der Waals surface area contributed by atoms with E-state index in [2.05, 4.69) is 15.3 Å². The molecule has 0 aromatic carbocycles. The third kappa shape index (κ3) is 4.40. The number of amides is 1. The highest BCUT2D eigenvalue weighted by atomic mass is 32.1. The smallest absolute Gasteiger partial charge is 0.221 e. The molecule has 0 radical (unpaired) electrons. The van der Waals surface area contributed by atoms with Gasteiger partial charge in [0.1, 0.15) is 0 Å². The van der Waals surface area contributed by atoms with Crippen molar-refractivity contribution >= 4 is 17.2 Å². The highest BCUT2D eigenvalue weighted by molar-refractivity contribution is 7.09. The summed E-state index contributed by atoms with van der Waals surface area (Å²) < 4.78 is 0. The van der Waals surface area contributed by atoms with Crippen molar-refractivity contribution in [2.75, 3.05) is 6.54 Å². The van der Waals surface area contributed by atoms with Gasteiger partial charge < -0.3 is 11.1 Å². The van der Waals surface area contributed by atoms with E-state index in [9.17, 15) is 4.79 Å². The molecule has 2 aromatic rings. The molecule has 5 nitrogen and oxygen atoms in total. The molecular weight excluding hydrogens is 272 g/mol. The van der Waals surface area contributed by atoms with E-state index >= 15 is 0 Å². The normalized spacial score (nSPS) is 12.1. The number of nitrogens with one attached hydrogen (secondary N) is 1. The number of aromatic nitrogens is 2. The molecule has 0 spiro atoms. The molecule has 0 aliphatic rings. The van der Waals surface area contributed by atoms with Gasteiger partial charge in [-0.2, -0.15) is 0 Å². The van der Waals surface area contributed by atoms with E-state index in [4.69, 9.17) is 5.73 Å². The summed E-state index contributed by atoms with van der Waals surface area (Å²) in [6.45, 7) is 2.41. The van der Waals surface area contributed by atoms with Crippen molar-refractivity contribution in [3.63, 3.8) is 0 Å². The first-order chi connectivity index (χ1) is 9.65. The Bertz CT molecular complexity index is 553. The van der Waals surface area contributed by atoms with E-state index in [-0.39, 0.29) is 11.9 Å². The standard InChI is InChI=1S/C14H18N4OS/c1-10(15)8-13(19)17-7-4-14-18-12(9-20-14)11-2-5-16-6-3-11/h2-3,5-6,9-10H,4,7-8,15H2,1H3,(H,17,19). The number of pyridine rings is 1. The maximum Gasteiger partial charge on any atom is 0.221 e. The number of nitrogens with two attached hydrogens (primary N) is 1. The fourth-order valence-corrected chi connectivity index (χ4v) is 2.56. The van der Waals surface area contributed by atoms with Crippen molar-refractivity contribution < 1.29 is 4.79 Å². The molecule has 2 rings (SSSR count). The summed E-state index contributed by atoms with van der Waals surface area (Å²) in [7, 11) is 0. The van der Waals surface area contributed by atoms with E-state index in [0.717, 1.165) is 22.7 Å². The lowest BCUT2D eigenvalue weighted by Gasteiger charge is -2.05. The van der Waals surface area contributed by atoms with E-state index in [1.165, 1.54) is 0 Å². The molecule has 0 saturated carbocycles. The fraction of sp³-hybridized carbons (Fsp3) is 0.357. The van der Waals surface area contributed by atoms with Crippen molar-refractivity contribution in [2.24, 2.45) is 5.73 Å². The maximum atomic E-state index is 11.5. The minimum atomic E-state index is -0.104. The van der Waals surface area contributed by atoms with Crippen molar-refractivity contribution in [1.82, 2.24) is 15.3 Å². The van der Waals surface area contributed by atoms with Gasteiger partial charge in [0.25, 0.3) is 0 Å². The fourth-order valence-electron chi connectivity index (χ4n) is 1.75. The van der Waals surface area contributed by atoms with Gasteiger partial charge in [0.05, 0.1) is 10.7 Å². The summed E-state index contributed by atoms with van der Waals surface area (Å²) in [5.74, 6) is -0.00841. The minimum Gasteiger partial charge on any atom is -0.356 e. The van der Waals surface area contributed by atoms with E-state index in [1.54, 1.807) is 23.7 Å². The highest BCUT2D eigenvalue weighted by Crippen LogP contribution is 2.21. The van der Waals surface area contributed by atoms with Crippen molar-refractivity contribution in [2.45, 2.75) is 25.8 Å². The lowest BCUT2D eigenvalue weighted by Crippen LogP contribution is -2.31. The van der Waals surface area contributed by atoms with Crippen LogP contribution in [0.2, 0.25) is 0 Å². The van der Waals surface area contributed by atoms with Crippen molar-refractivity contribution in [3.05, 3.63) is 34.9 Å². The number of nitrogens with zero attached hydrogens (tertiary/aromatic N) is 2. The quantitative estimate of drug-likeness (QED) is 0.846.